The first-order valence-electron chi connectivity index (χ1n) is 11.5. The molecule has 1 aromatic rings. The van der Waals surface area contributed by atoms with Crippen molar-refractivity contribution < 1.29 is 26.8 Å². The van der Waals surface area contributed by atoms with Gasteiger partial charge in [-0.05, 0) is 43.2 Å². The van der Waals surface area contributed by atoms with Gasteiger partial charge in [-0.25, -0.2) is 4.79 Å². The number of hydrogen-bond donors (Lipinski definition) is 1. The van der Waals surface area contributed by atoms with E-state index in [4.69, 9.17) is 19.3 Å². The van der Waals surface area contributed by atoms with Crippen molar-refractivity contribution in [1.29, 1.82) is 0 Å². The van der Waals surface area contributed by atoms with E-state index in [-0.39, 0.29) is 10.1 Å². The minimum Gasteiger partial charge on any atom is -0.409 e. The number of ether oxygens (including phenoxy) is 1. The molecule has 12 heteroatoms. The predicted molar refractivity (Wildman–Crippen MR) is 132 cm³/mol. The molecule has 0 radical (unpaired) electrons. The molecular weight excluding hydrogens is 483 g/mol. The molecular formula is C22H40F3N3O4Si2. The maximum absolute atomic E-state index is 13.6. The summed E-state index contributed by atoms with van der Waals surface area (Å²) in [5.74, 6) is -0.865. The second kappa shape index (κ2) is 9.02. The summed E-state index contributed by atoms with van der Waals surface area (Å²) in [6.07, 6.45) is -7.12. The van der Waals surface area contributed by atoms with E-state index in [1.54, 1.807) is 6.92 Å². The van der Waals surface area contributed by atoms with Crippen LogP contribution in [-0.4, -0.2) is 44.5 Å². The second-order valence-corrected chi connectivity index (χ2v) is 21.7. The Bertz CT molecular complexity index is 953. The van der Waals surface area contributed by atoms with Gasteiger partial charge in [0.2, 0.25) is 0 Å². The summed E-state index contributed by atoms with van der Waals surface area (Å²) in [5, 5.41) is -0.304. The lowest BCUT2D eigenvalue weighted by atomic mass is 10.1. The van der Waals surface area contributed by atoms with E-state index in [2.05, 4.69) is 59.6 Å². The summed E-state index contributed by atoms with van der Waals surface area (Å²) in [7, 11) is -4.76. The fourth-order valence-electron chi connectivity index (χ4n) is 3.23. The Morgan fingerprint density at radius 1 is 0.971 bits per heavy atom. The highest BCUT2D eigenvalue weighted by molar-refractivity contribution is 6.74. The van der Waals surface area contributed by atoms with Crippen LogP contribution < -0.4 is 11.4 Å². The molecule has 0 aromatic carbocycles. The molecule has 4 atom stereocenters. The van der Waals surface area contributed by atoms with E-state index >= 15 is 0 Å². The zero-order valence-corrected chi connectivity index (χ0v) is 24.1. The Morgan fingerprint density at radius 3 is 1.82 bits per heavy atom. The van der Waals surface area contributed by atoms with Crippen LogP contribution in [0.5, 0.6) is 0 Å². The summed E-state index contributed by atoms with van der Waals surface area (Å²) < 4.78 is 61.0. The first-order valence-corrected chi connectivity index (χ1v) is 17.3. The standard InChI is InChI=1S/C22H40F3N3O4Si2/c1-13-15(31-33(8,9)20(2,3)4)16(32-34(10,11)21(5,6)7)18(30-13)28-12-14(22(23,24)25)17(26)27-19(28)29/h12-13,15-16,18H,1-11H3,(H2,26,27,29)/t13-,15-,16-,18-/m1/s1. The van der Waals surface area contributed by atoms with Crippen molar-refractivity contribution in [2.24, 2.45) is 0 Å². The van der Waals surface area contributed by atoms with Crippen molar-refractivity contribution in [2.75, 3.05) is 5.73 Å². The topological polar surface area (TPSA) is 88.6 Å². The molecule has 1 aliphatic rings. The van der Waals surface area contributed by atoms with Crippen LogP contribution in [0, 0.1) is 0 Å². The van der Waals surface area contributed by atoms with E-state index < -0.39 is 64.4 Å². The number of alkyl halides is 3. The molecule has 0 aliphatic carbocycles. The van der Waals surface area contributed by atoms with Crippen molar-refractivity contribution in [3.8, 4) is 0 Å². The molecule has 1 aromatic heterocycles. The summed E-state index contributed by atoms with van der Waals surface area (Å²) >= 11 is 0. The van der Waals surface area contributed by atoms with Crippen LogP contribution in [0.15, 0.2) is 11.0 Å². The Balaban J connectivity index is 2.65. The minimum absolute atomic E-state index is 0.116. The lowest BCUT2D eigenvalue weighted by Gasteiger charge is -2.44. The quantitative estimate of drug-likeness (QED) is 0.510. The zero-order chi connectivity index (χ0) is 26.7. The van der Waals surface area contributed by atoms with Crippen LogP contribution in [0.1, 0.15) is 60.3 Å². The van der Waals surface area contributed by atoms with Crippen LogP contribution in [-0.2, 0) is 19.8 Å². The van der Waals surface area contributed by atoms with Gasteiger partial charge in [-0.2, -0.15) is 18.2 Å². The number of rotatable bonds is 5. The van der Waals surface area contributed by atoms with E-state index in [0.717, 1.165) is 4.57 Å². The van der Waals surface area contributed by atoms with Crippen LogP contribution in [0.25, 0.3) is 0 Å². The van der Waals surface area contributed by atoms with Gasteiger partial charge in [-0.15, -0.1) is 0 Å². The first-order chi connectivity index (χ1) is 15.0. The van der Waals surface area contributed by atoms with Crippen molar-refractivity contribution in [3.63, 3.8) is 0 Å². The van der Waals surface area contributed by atoms with Crippen LogP contribution >= 0.6 is 0 Å². The Morgan fingerprint density at radius 2 is 1.41 bits per heavy atom. The van der Waals surface area contributed by atoms with Gasteiger partial charge < -0.3 is 19.3 Å². The molecule has 2 rings (SSSR count). The minimum atomic E-state index is -4.77. The Labute approximate surface area is 202 Å². The van der Waals surface area contributed by atoms with Crippen molar-refractivity contribution >= 4 is 22.5 Å². The number of nitrogens with two attached hydrogens (primary N) is 1. The first kappa shape index (κ1) is 29.0. The predicted octanol–water partition coefficient (Wildman–Crippen LogP) is 5.54. The number of anilines is 1. The number of nitrogen functional groups attached to an aromatic ring is 1. The molecule has 0 unspecified atom stereocenters. The molecule has 0 spiro atoms. The van der Waals surface area contributed by atoms with Crippen LogP contribution in [0.2, 0.25) is 36.3 Å². The fraction of sp³-hybridized carbons (Fsp3) is 0.818. The van der Waals surface area contributed by atoms with Crippen molar-refractivity contribution in [1.82, 2.24) is 9.55 Å². The largest absolute Gasteiger partial charge is 0.421 e. The zero-order valence-electron chi connectivity index (χ0n) is 22.1. The van der Waals surface area contributed by atoms with E-state index in [1.165, 1.54) is 0 Å². The monoisotopic (exact) mass is 523 g/mol. The summed E-state index contributed by atoms with van der Waals surface area (Å²) in [6, 6.07) is 0. The van der Waals surface area contributed by atoms with E-state index in [9.17, 15) is 18.0 Å². The molecule has 2 heterocycles. The van der Waals surface area contributed by atoms with E-state index in [0.29, 0.717) is 6.20 Å². The third-order valence-electron chi connectivity index (χ3n) is 7.46. The van der Waals surface area contributed by atoms with Gasteiger partial charge in [-0.3, -0.25) is 4.57 Å². The van der Waals surface area contributed by atoms with Crippen molar-refractivity contribution in [3.05, 3.63) is 22.2 Å². The molecule has 34 heavy (non-hydrogen) atoms. The number of hydrogen-bond acceptors (Lipinski definition) is 6. The third-order valence-corrected chi connectivity index (χ3v) is 16.4. The van der Waals surface area contributed by atoms with Gasteiger partial charge in [-0.1, -0.05) is 41.5 Å². The fourth-order valence-corrected chi connectivity index (χ4v) is 5.88. The Hall–Kier alpha value is -1.22. The van der Waals surface area contributed by atoms with Gasteiger partial charge in [0.1, 0.15) is 23.6 Å². The smallest absolute Gasteiger partial charge is 0.409 e. The maximum atomic E-state index is 13.6. The molecule has 0 bridgehead atoms. The molecule has 1 saturated heterocycles. The number of nitrogens with zero attached hydrogens (tertiary/aromatic N) is 2. The maximum Gasteiger partial charge on any atom is 0.421 e. The molecule has 7 nitrogen and oxygen atoms in total. The van der Waals surface area contributed by atoms with E-state index in [1.807, 2.05) is 13.1 Å². The SMILES string of the molecule is C[C@H]1O[C@@H](n2cc(C(F)(F)F)c(N)nc2=O)[C@H](O[Si](C)(C)C(C)(C)C)[C@@H]1O[Si](C)(C)C(C)(C)C. The highest BCUT2D eigenvalue weighted by atomic mass is 28.4. The molecule has 2 N–H and O–H groups in total. The van der Waals surface area contributed by atoms with Crippen LogP contribution in [0.4, 0.5) is 19.0 Å². The number of aromatic nitrogens is 2. The molecule has 0 saturated carbocycles. The lowest BCUT2D eigenvalue weighted by Crippen LogP contribution is -2.53. The molecule has 196 valence electrons. The summed E-state index contributed by atoms with van der Waals surface area (Å²) in [4.78, 5) is 16.2. The summed E-state index contributed by atoms with van der Waals surface area (Å²) in [6.45, 7) is 22.6. The average molecular weight is 524 g/mol. The average Bonchev–Trinajstić information content (AvgIpc) is 2.87. The second-order valence-electron chi connectivity index (χ2n) is 12.1. The van der Waals surface area contributed by atoms with Gasteiger partial charge in [0.15, 0.2) is 22.9 Å². The van der Waals surface area contributed by atoms with Gasteiger partial charge >= 0.3 is 11.9 Å². The van der Waals surface area contributed by atoms with Crippen LogP contribution in [0.3, 0.4) is 0 Å². The molecule has 0 amide bonds. The lowest BCUT2D eigenvalue weighted by molar-refractivity contribution is -0.138. The summed E-state index contributed by atoms with van der Waals surface area (Å²) in [5.41, 5.74) is 3.30. The normalized spacial score (nSPS) is 25.1. The van der Waals surface area contributed by atoms with Gasteiger partial charge in [0.05, 0.1) is 6.10 Å². The highest BCUT2D eigenvalue weighted by Crippen LogP contribution is 2.45. The third kappa shape index (κ3) is 5.77. The molecule has 1 aliphatic heterocycles. The van der Waals surface area contributed by atoms with Gasteiger partial charge in [0, 0.05) is 6.20 Å². The van der Waals surface area contributed by atoms with Gasteiger partial charge in [0.25, 0.3) is 0 Å². The Kier molecular flexibility index (Phi) is 7.70. The highest BCUT2D eigenvalue weighted by Gasteiger charge is 2.53. The molecule has 1 fully saturated rings. The number of halogens is 3. The van der Waals surface area contributed by atoms with Crippen molar-refractivity contribution in [2.45, 2.75) is 115 Å².